The molecule has 0 bridgehead atoms. The number of aromatic nitrogens is 2. The quantitative estimate of drug-likeness (QED) is 0.123. The fourth-order valence-electron chi connectivity index (χ4n) is 6.28. The smallest absolute Gasteiger partial charge is 0.308 e. The standard InChI is InChI=1S/C22H31FN2O7S.C12H16FN3O3S.C10H17FO3/c1-22(2,3)32-20(26)8-5-16(13-23)15-31-19-7-6-18(14-24-19)33(28,29)25-11-9-17(10-12-25)21(27)30-4;1-14-12(17)9-4-6-16(7-5-9)20(18,19)10-2-3-11(13)15-8-10;1-10(2,3)14-9(13)5-4-8(6-11)7-12/h6-7,13-14,17H,5,8-12,15H2,1-4H3;2-3,8-9H,4-7H2,1H3,(H,14,17);6,12H,4-5,7H2,1-3H3. The van der Waals surface area contributed by atoms with E-state index in [1.807, 2.05) is 0 Å². The van der Waals surface area contributed by atoms with Gasteiger partial charge in [-0.3, -0.25) is 19.2 Å². The second-order valence-corrected chi connectivity index (χ2v) is 21.2. The molecule has 4 heterocycles. The summed E-state index contributed by atoms with van der Waals surface area (Å²) in [7, 11) is -4.55. The lowest BCUT2D eigenvalue weighted by Crippen LogP contribution is -2.42. The van der Waals surface area contributed by atoms with Crippen LogP contribution in [0.2, 0.25) is 0 Å². The van der Waals surface area contributed by atoms with Crippen LogP contribution in [0.3, 0.4) is 0 Å². The number of esters is 3. The molecule has 1 amide bonds. The first kappa shape index (κ1) is 58.2. The molecule has 0 spiro atoms. The number of halogens is 3. The van der Waals surface area contributed by atoms with Crippen molar-refractivity contribution in [1.82, 2.24) is 23.9 Å². The van der Waals surface area contributed by atoms with Crippen molar-refractivity contribution in [2.45, 2.75) is 114 Å². The zero-order valence-electron chi connectivity index (χ0n) is 39.3. The van der Waals surface area contributed by atoms with Crippen LogP contribution in [0.4, 0.5) is 13.2 Å². The number of rotatable bonds is 16. The number of hydrogen-bond donors (Lipinski definition) is 2. The van der Waals surface area contributed by atoms with Crippen molar-refractivity contribution >= 4 is 43.9 Å². The highest BCUT2D eigenvalue weighted by Gasteiger charge is 2.34. The van der Waals surface area contributed by atoms with E-state index in [1.165, 1.54) is 40.1 Å². The van der Waals surface area contributed by atoms with Crippen LogP contribution in [-0.4, -0.2) is 129 Å². The minimum Gasteiger partial charge on any atom is -0.473 e. The second kappa shape index (κ2) is 27.1. The van der Waals surface area contributed by atoms with E-state index in [2.05, 4.69) is 15.3 Å². The zero-order valence-corrected chi connectivity index (χ0v) is 40.9. The average Bonchev–Trinajstić information content (AvgIpc) is 3.28. The first-order chi connectivity index (χ1) is 31.3. The number of ether oxygens (including phenoxy) is 4. The van der Waals surface area contributed by atoms with Crippen molar-refractivity contribution in [2.24, 2.45) is 11.8 Å². The van der Waals surface area contributed by atoms with Crippen LogP contribution < -0.4 is 10.1 Å². The SMILES string of the molecule is CC(C)(C)OC(=O)CCC(=CF)CO.CNC(=O)C1CCN(S(=O)(=O)c2ccc(F)nc2)CC1.COC(=O)C1CCN(S(=O)(=O)c2ccc(OCC(=CF)CCC(=O)OC(C)(C)C)nc2)CC1. The molecule has 0 radical (unpaired) electrons. The maximum absolute atomic E-state index is 13.1. The fourth-order valence-corrected chi connectivity index (χ4v) is 9.11. The van der Waals surface area contributed by atoms with Gasteiger partial charge in [0.15, 0.2) is 0 Å². The summed E-state index contributed by atoms with van der Waals surface area (Å²) in [4.78, 5) is 53.4. The van der Waals surface area contributed by atoms with Crippen LogP contribution in [0.5, 0.6) is 5.88 Å². The maximum Gasteiger partial charge on any atom is 0.308 e. The molecule has 376 valence electrons. The summed E-state index contributed by atoms with van der Waals surface area (Å²) < 4.78 is 111. The summed E-state index contributed by atoms with van der Waals surface area (Å²) in [5.74, 6) is -2.28. The molecule has 2 aliphatic heterocycles. The van der Waals surface area contributed by atoms with E-state index in [0.717, 1.165) is 12.3 Å². The molecule has 2 saturated heterocycles. The summed E-state index contributed by atoms with van der Waals surface area (Å²) in [5.41, 5.74) is -0.685. The number of pyridine rings is 2. The Morgan fingerprint density at radius 3 is 1.55 bits per heavy atom. The van der Waals surface area contributed by atoms with Crippen molar-refractivity contribution < 1.29 is 73.2 Å². The van der Waals surface area contributed by atoms with Crippen LogP contribution in [0.1, 0.15) is 92.9 Å². The monoisotopic (exact) mass is 991 g/mol. The summed E-state index contributed by atoms with van der Waals surface area (Å²) in [5, 5.41) is 11.2. The van der Waals surface area contributed by atoms with Gasteiger partial charge in [0.05, 0.1) is 44.7 Å². The van der Waals surface area contributed by atoms with Crippen molar-refractivity contribution in [3.63, 3.8) is 0 Å². The highest BCUT2D eigenvalue weighted by atomic mass is 32.2. The van der Waals surface area contributed by atoms with Gasteiger partial charge in [-0.2, -0.15) is 13.0 Å². The van der Waals surface area contributed by atoms with Gasteiger partial charge in [0.1, 0.15) is 27.6 Å². The van der Waals surface area contributed by atoms with Crippen LogP contribution >= 0.6 is 0 Å². The van der Waals surface area contributed by atoms with Crippen molar-refractivity contribution in [3.05, 3.63) is 66.4 Å². The van der Waals surface area contributed by atoms with Gasteiger partial charge < -0.3 is 29.4 Å². The molecule has 23 heteroatoms. The number of methoxy groups -OCH3 is 1. The normalized spacial score (nSPS) is 16.1. The van der Waals surface area contributed by atoms with E-state index in [9.17, 15) is 49.2 Å². The van der Waals surface area contributed by atoms with E-state index in [1.54, 1.807) is 48.6 Å². The minimum absolute atomic E-state index is 0.00227. The molecule has 2 aliphatic rings. The highest BCUT2D eigenvalue weighted by Crippen LogP contribution is 2.26. The van der Waals surface area contributed by atoms with Crippen LogP contribution in [-0.2, 0) is 53.4 Å². The molecule has 0 unspecified atom stereocenters. The third kappa shape index (κ3) is 20.4. The summed E-state index contributed by atoms with van der Waals surface area (Å²) >= 11 is 0. The second-order valence-electron chi connectivity index (χ2n) is 17.3. The Bertz CT molecular complexity index is 2200. The number of carbonyl (C=O) groups excluding carboxylic acids is 4. The van der Waals surface area contributed by atoms with Gasteiger partial charge in [0.2, 0.25) is 37.8 Å². The molecule has 2 fully saturated rings. The van der Waals surface area contributed by atoms with Crippen molar-refractivity contribution in [3.8, 4) is 5.88 Å². The number of aliphatic hydroxyl groups is 1. The molecule has 0 saturated carbocycles. The summed E-state index contributed by atoms with van der Waals surface area (Å²) in [6.45, 7) is 11.0. The summed E-state index contributed by atoms with van der Waals surface area (Å²) in [6.07, 6.45) is 5.05. The molecular formula is C44H64F3N5O13S2. The lowest BCUT2D eigenvalue weighted by molar-refractivity contribution is -0.155. The largest absolute Gasteiger partial charge is 0.473 e. The number of amides is 1. The Morgan fingerprint density at radius 1 is 0.731 bits per heavy atom. The van der Waals surface area contributed by atoms with E-state index < -0.39 is 43.2 Å². The van der Waals surface area contributed by atoms with Gasteiger partial charge in [-0.25, -0.2) is 35.6 Å². The number of piperidine rings is 2. The number of hydrogen-bond acceptors (Lipinski definition) is 15. The molecule has 2 N–H and O–H groups in total. The first-order valence-electron chi connectivity index (χ1n) is 21.4. The van der Waals surface area contributed by atoms with Crippen LogP contribution in [0.15, 0.2) is 70.3 Å². The van der Waals surface area contributed by atoms with Gasteiger partial charge in [-0.1, -0.05) is 0 Å². The Hall–Kier alpha value is -4.97. The van der Waals surface area contributed by atoms with Gasteiger partial charge >= 0.3 is 17.9 Å². The Morgan fingerprint density at radius 2 is 1.18 bits per heavy atom. The number of aliphatic hydroxyl groups excluding tert-OH is 1. The van der Waals surface area contributed by atoms with Gasteiger partial charge in [0, 0.05) is 58.1 Å². The first-order valence-corrected chi connectivity index (χ1v) is 24.3. The van der Waals surface area contributed by atoms with Crippen LogP contribution in [0.25, 0.3) is 0 Å². The average molecular weight is 992 g/mol. The third-order valence-corrected chi connectivity index (χ3v) is 13.6. The minimum atomic E-state index is -3.76. The zero-order chi connectivity index (χ0) is 50.6. The fraction of sp³-hybridized carbons (Fsp3) is 0.591. The molecular weight excluding hydrogens is 928 g/mol. The third-order valence-electron chi connectivity index (χ3n) is 9.80. The number of nitrogens with zero attached hydrogens (tertiary/aromatic N) is 4. The van der Waals surface area contributed by atoms with E-state index in [4.69, 9.17) is 24.1 Å². The molecule has 67 heavy (non-hydrogen) atoms. The van der Waals surface area contributed by atoms with E-state index in [0.29, 0.717) is 38.3 Å². The molecule has 0 aromatic carbocycles. The maximum atomic E-state index is 13.1. The lowest BCUT2D eigenvalue weighted by Gasteiger charge is -2.30. The number of nitrogens with one attached hydrogen (secondary N) is 1. The molecule has 0 atom stereocenters. The predicted molar refractivity (Wildman–Crippen MR) is 239 cm³/mol. The Kier molecular flexibility index (Phi) is 23.6. The van der Waals surface area contributed by atoms with Gasteiger partial charge in [-0.05, 0) is 109 Å². The number of sulfonamides is 2. The van der Waals surface area contributed by atoms with Gasteiger partial charge in [0.25, 0.3) is 0 Å². The topological polar surface area (TPSA) is 238 Å². The highest BCUT2D eigenvalue weighted by molar-refractivity contribution is 7.89. The van der Waals surface area contributed by atoms with E-state index >= 15 is 0 Å². The Labute approximate surface area is 391 Å². The van der Waals surface area contributed by atoms with Crippen molar-refractivity contribution in [1.29, 1.82) is 0 Å². The lowest BCUT2D eigenvalue weighted by atomic mass is 9.97. The molecule has 2 aromatic heterocycles. The molecule has 2 aromatic rings. The predicted octanol–water partition coefficient (Wildman–Crippen LogP) is 5.33. The van der Waals surface area contributed by atoms with Gasteiger partial charge in [-0.15, -0.1) is 0 Å². The molecule has 0 aliphatic carbocycles. The molecule has 18 nitrogen and oxygen atoms in total. The molecule has 4 rings (SSSR count). The number of carbonyl (C=O) groups is 4. The van der Waals surface area contributed by atoms with Crippen LogP contribution in [0, 0.1) is 17.8 Å². The van der Waals surface area contributed by atoms with E-state index in [-0.39, 0.29) is 122 Å². The summed E-state index contributed by atoms with van der Waals surface area (Å²) in [6, 6.07) is 4.97. The Balaban J connectivity index is 0.000000384. The van der Waals surface area contributed by atoms with Crippen molar-refractivity contribution in [2.75, 3.05) is 53.6 Å².